The molecule has 0 aliphatic carbocycles. The third kappa shape index (κ3) is 7.33. The summed E-state index contributed by atoms with van der Waals surface area (Å²) in [5.41, 5.74) is -2.16. The van der Waals surface area contributed by atoms with Crippen molar-refractivity contribution >= 4 is 5.97 Å². The van der Waals surface area contributed by atoms with E-state index in [2.05, 4.69) is 0 Å². The van der Waals surface area contributed by atoms with Crippen LogP contribution in [0.5, 0.6) is 0 Å². The van der Waals surface area contributed by atoms with Gasteiger partial charge in [-0.25, -0.2) is 4.79 Å². The minimum atomic E-state index is -1.59. The van der Waals surface area contributed by atoms with E-state index >= 15 is 0 Å². The number of nitrogens with two attached hydrogens (primary N) is 1. The van der Waals surface area contributed by atoms with Gasteiger partial charge in [0.15, 0.2) is 0 Å². The molecule has 0 saturated heterocycles. The SMILES string of the molecule is O=C([O-])c1cc(=O)[nH]c(=O)[nH]1.OCC[NH2+]CCO. The minimum Gasteiger partial charge on any atom is -0.543 e. The maximum absolute atomic E-state index is 10.4. The smallest absolute Gasteiger partial charge is 0.326 e. The number of carbonyl (C=O) groups excluding carboxylic acids is 1. The first-order valence-electron chi connectivity index (χ1n) is 5.09. The van der Waals surface area contributed by atoms with Crippen molar-refractivity contribution in [2.24, 2.45) is 0 Å². The Morgan fingerprint density at radius 2 is 1.78 bits per heavy atom. The van der Waals surface area contributed by atoms with Crippen LogP contribution in [-0.2, 0) is 0 Å². The fraction of sp³-hybridized carbons (Fsp3) is 0.444. The molecule has 0 spiro atoms. The molecule has 1 heterocycles. The molecule has 1 rings (SSSR count). The van der Waals surface area contributed by atoms with Gasteiger partial charge in [0.1, 0.15) is 0 Å². The van der Waals surface area contributed by atoms with Crippen LogP contribution in [0.25, 0.3) is 0 Å². The van der Waals surface area contributed by atoms with E-state index in [-0.39, 0.29) is 13.2 Å². The Morgan fingerprint density at radius 1 is 1.22 bits per heavy atom. The lowest BCUT2D eigenvalue weighted by Gasteiger charge is -1.97. The van der Waals surface area contributed by atoms with E-state index in [0.717, 1.165) is 6.07 Å². The van der Waals surface area contributed by atoms with Crippen LogP contribution in [0, 0.1) is 0 Å². The lowest BCUT2D eigenvalue weighted by Crippen LogP contribution is -2.85. The van der Waals surface area contributed by atoms with Crippen molar-refractivity contribution < 1.29 is 25.4 Å². The van der Waals surface area contributed by atoms with Crippen LogP contribution in [0.2, 0.25) is 0 Å². The lowest BCUT2D eigenvalue weighted by atomic mass is 10.4. The highest BCUT2D eigenvalue weighted by molar-refractivity contribution is 5.82. The average molecular weight is 261 g/mol. The molecule has 0 fully saturated rings. The number of carboxylic acid groups (broad SMARTS) is 1. The van der Waals surface area contributed by atoms with E-state index in [1.807, 2.05) is 15.3 Å². The Labute approximate surface area is 101 Å². The van der Waals surface area contributed by atoms with Crippen LogP contribution in [-0.4, -0.2) is 52.5 Å². The van der Waals surface area contributed by atoms with Crippen molar-refractivity contribution in [1.29, 1.82) is 0 Å². The summed E-state index contributed by atoms with van der Waals surface area (Å²) < 4.78 is 0. The number of aromatic amines is 2. The van der Waals surface area contributed by atoms with Crippen molar-refractivity contribution in [3.63, 3.8) is 0 Å². The highest BCUT2D eigenvalue weighted by atomic mass is 16.4. The molecule has 0 amide bonds. The van der Waals surface area contributed by atoms with Crippen LogP contribution >= 0.6 is 0 Å². The van der Waals surface area contributed by atoms with Crippen LogP contribution < -0.4 is 21.7 Å². The number of aliphatic hydroxyl groups excluding tert-OH is 2. The maximum Gasteiger partial charge on any atom is 0.326 e. The zero-order valence-corrected chi connectivity index (χ0v) is 9.51. The van der Waals surface area contributed by atoms with Crippen LogP contribution in [0.15, 0.2) is 15.7 Å². The van der Waals surface area contributed by atoms with E-state index in [0.29, 0.717) is 13.1 Å². The number of carbonyl (C=O) groups is 1. The van der Waals surface area contributed by atoms with Gasteiger partial charge in [0.2, 0.25) is 0 Å². The largest absolute Gasteiger partial charge is 0.543 e. The highest BCUT2D eigenvalue weighted by Gasteiger charge is 1.95. The molecule has 0 saturated carbocycles. The third-order valence-corrected chi connectivity index (χ3v) is 1.65. The van der Waals surface area contributed by atoms with Crippen molar-refractivity contribution in [3.05, 3.63) is 32.6 Å². The molecule has 0 aliphatic heterocycles. The van der Waals surface area contributed by atoms with E-state index < -0.39 is 22.9 Å². The Balaban J connectivity index is 0.000000360. The second kappa shape index (κ2) is 9.10. The first kappa shape index (κ1) is 16.0. The lowest BCUT2D eigenvalue weighted by molar-refractivity contribution is -0.657. The molecule has 0 unspecified atom stereocenters. The zero-order chi connectivity index (χ0) is 14.0. The number of carboxylic acids is 1. The van der Waals surface area contributed by atoms with Crippen molar-refractivity contribution in [2.75, 3.05) is 26.3 Å². The number of rotatable bonds is 5. The monoisotopic (exact) mass is 261 g/mol. The predicted molar refractivity (Wildman–Crippen MR) is 57.8 cm³/mol. The van der Waals surface area contributed by atoms with Gasteiger partial charge < -0.3 is 30.4 Å². The van der Waals surface area contributed by atoms with Gasteiger partial charge in [0.05, 0.1) is 38.0 Å². The second-order valence-electron chi connectivity index (χ2n) is 3.10. The van der Waals surface area contributed by atoms with Gasteiger partial charge in [-0.05, 0) is 0 Å². The molecule has 9 heteroatoms. The first-order chi connectivity index (χ1) is 8.51. The molecule has 1 aromatic rings. The molecule has 18 heavy (non-hydrogen) atoms. The average Bonchev–Trinajstić information content (AvgIpc) is 2.29. The summed E-state index contributed by atoms with van der Waals surface area (Å²) in [5.74, 6) is -1.59. The zero-order valence-electron chi connectivity index (χ0n) is 9.51. The summed E-state index contributed by atoms with van der Waals surface area (Å²) in [5, 5.41) is 28.3. The number of hydrogen-bond donors (Lipinski definition) is 5. The quantitative estimate of drug-likeness (QED) is 0.333. The predicted octanol–water partition coefficient (Wildman–Crippen LogP) is -5.04. The molecular formula is C9H15N3O6. The summed E-state index contributed by atoms with van der Waals surface area (Å²) in [4.78, 5) is 34.6. The van der Waals surface area contributed by atoms with Gasteiger partial charge in [-0.15, -0.1) is 0 Å². The summed E-state index contributed by atoms with van der Waals surface area (Å²) >= 11 is 0. The van der Waals surface area contributed by atoms with Gasteiger partial charge >= 0.3 is 5.69 Å². The Kier molecular flexibility index (Phi) is 8.10. The molecule has 0 radical (unpaired) electrons. The molecule has 1 aromatic heterocycles. The molecular weight excluding hydrogens is 246 g/mol. The van der Waals surface area contributed by atoms with Crippen LogP contribution in [0.4, 0.5) is 0 Å². The number of aromatic nitrogens is 2. The van der Waals surface area contributed by atoms with Crippen molar-refractivity contribution in [3.8, 4) is 0 Å². The number of aromatic carboxylic acids is 1. The highest BCUT2D eigenvalue weighted by Crippen LogP contribution is 1.78. The normalized spacial score (nSPS) is 9.44. The standard InChI is InChI=1S/C5H4N2O4.C4H11NO2/c8-3-1-2(4(9)10)6-5(11)7-3;6-3-1-5-2-4-7/h1H,(H,9,10)(H2,6,7,8,11);5-7H,1-4H2. The van der Waals surface area contributed by atoms with Gasteiger partial charge in [-0.1, -0.05) is 0 Å². The fourth-order valence-electron chi connectivity index (χ4n) is 0.906. The fourth-order valence-corrected chi connectivity index (χ4v) is 0.906. The minimum absolute atomic E-state index is 0.194. The van der Waals surface area contributed by atoms with Gasteiger partial charge in [-0.3, -0.25) is 9.78 Å². The topological polar surface area (TPSA) is 163 Å². The third-order valence-electron chi connectivity index (χ3n) is 1.65. The molecule has 0 aliphatic rings. The molecule has 102 valence electrons. The Hall–Kier alpha value is -1.97. The second-order valence-corrected chi connectivity index (χ2v) is 3.10. The summed E-state index contributed by atoms with van der Waals surface area (Å²) in [6, 6.07) is 0.733. The van der Waals surface area contributed by atoms with Gasteiger partial charge in [0, 0.05) is 6.07 Å². The van der Waals surface area contributed by atoms with Crippen LogP contribution in [0.3, 0.4) is 0 Å². The first-order valence-corrected chi connectivity index (χ1v) is 5.09. The Bertz CT molecular complexity index is 434. The maximum atomic E-state index is 10.4. The van der Waals surface area contributed by atoms with Crippen LogP contribution in [0.1, 0.15) is 10.5 Å². The van der Waals surface area contributed by atoms with Crippen molar-refractivity contribution in [2.45, 2.75) is 0 Å². The van der Waals surface area contributed by atoms with Crippen molar-refractivity contribution in [1.82, 2.24) is 9.97 Å². The van der Waals surface area contributed by atoms with E-state index in [1.54, 1.807) is 0 Å². The molecule has 0 atom stereocenters. The molecule has 0 bridgehead atoms. The molecule has 9 nitrogen and oxygen atoms in total. The number of quaternary nitrogens is 1. The van der Waals surface area contributed by atoms with E-state index in [1.165, 1.54) is 0 Å². The summed E-state index contributed by atoms with van der Waals surface area (Å²) in [6.45, 7) is 1.78. The molecule has 6 N–H and O–H groups in total. The van der Waals surface area contributed by atoms with E-state index in [9.17, 15) is 19.5 Å². The number of H-pyrrole nitrogens is 2. The molecule has 0 aromatic carbocycles. The number of hydrogen-bond acceptors (Lipinski definition) is 6. The summed E-state index contributed by atoms with van der Waals surface area (Å²) in [7, 11) is 0. The number of nitrogens with one attached hydrogen (secondary N) is 2. The summed E-state index contributed by atoms with van der Waals surface area (Å²) in [6.07, 6.45) is 0. The van der Waals surface area contributed by atoms with Gasteiger partial charge in [0.25, 0.3) is 5.56 Å². The number of aliphatic hydroxyl groups is 2. The van der Waals surface area contributed by atoms with Gasteiger partial charge in [-0.2, -0.15) is 0 Å². The Morgan fingerprint density at radius 3 is 2.17 bits per heavy atom. The van der Waals surface area contributed by atoms with E-state index in [4.69, 9.17) is 10.2 Å².